The van der Waals surface area contributed by atoms with Crippen LogP contribution in [0.15, 0.2) is 0 Å². The van der Waals surface area contributed by atoms with Crippen molar-refractivity contribution in [1.29, 1.82) is 0 Å². The fourth-order valence-electron chi connectivity index (χ4n) is 3.96. The maximum absolute atomic E-state index is 4.58. The van der Waals surface area contributed by atoms with Gasteiger partial charge in [0.1, 0.15) is 0 Å². The molecule has 3 nitrogen and oxygen atoms in total. The smallest absolute Gasteiger partial charge is 0.269 e. The van der Waals surface area contributed by atoms with Crippen LogP contribution < -0.4 is 0 Å². The van der Waals surface area contributed by atoms with Crippen molar-refractivity contribution >= 4 is 30.9 Å². The Morgan fingerprint density at radius 1 is 0.920 bits per heavy atom. The van der Waals surface area contributed by atoms with Crippen molar-refractivity contribution < 1.29 is 0 Å². The Morgan fingerprint density at radius 2 is 1.56 bits per heavy atom. The summed E-state index contributed by atoms with van der Waals surface area (Å²) in [5, 5.41) is 10.7. The highest BCUT2D eigenvalue weighted by molar-refractivity contribution is 7.99. The molecule has 1 fully saturated rings. The molecule has 2 aliphatic rings. The molecule has 6 heteroatoms. The predicted molar refractivity (Wildman–Crippen MR) is 114 cm³/mol. The minimum Gasteiger partial charge on any atom is -0.298 e. The van der Waals surface area contributed by atoms with E-state index in [2.05, 4.69) is 45.4 Å². The zero-order chi connectivity index (χ0) is 17.3. The molecule has 1 saturated carbocycles. The molecule has 0 saturated heterocycles. The fourth-order valence-corrected chi connectivity index (χ4v) is 6.56. The van der Waals surface area contributed by atoms with E-state index in [-0.39, 0.29) is 0 Å². The molecule has 0 radical (unpaired) electrons. The number of hydrogen-bond donors (Lipinski definition) is 0. The van der Waals surface area contributed by atoms with Gasteiger partial charge in [-0.1, -0.05) is 63.4 Å². The Kier molecular flexibility index (Phi) is 8.58. The van der Waals surface area contributed by atoms with Crippen molar-refractivity contribution in [3.05, 3.63) is 11.4 Å². The summed E-state index contributed by atoms with van der Waals surface area (Å²) < 4.78 is 2.21. The van der Waals surface area contributed by atoms with E-state index in [9.17, 15) is 0 Å². The van der Waals surface area contributed by atoms with Gasteiger partial charge in [0.15, 0.2) is 0 Å². The van der Waals surface area contributed by atoms with Crippen molar-refractivity contribution in [2.75, 3.05) is 0 Å². The first-order valence-corrected chi connectivity index (χ1v) is 12.6. The van der Waals surface area contributed by atoms with Gasteiger partial charge in [-0.25, -0.2) is 0 Å². The van der Waals surface area contributed by atoms with Gasteiger partial charge in [0.25, 0.3) is 7.41 Å². The van der Waals surface area contributed by atoms with Crippen LogP contribution >= 0.6 is 23.5 Å². The highest BCUT2D eigenvalue weighted by atomic mass is 32.2. The molecule has 0 aromatic carbocycles. The van der Waals surface area contributed by atoms with Crippen LogP contribution in [0, 0.1) is 0 Å². The molecule has 25 heavy (non-hydrogen) atoms. The van der Waals surface area contributed by atoms with Gasteiger partial charge in [0, 0.05) is 22.0 Å². The Labute approximate surface area is 163 Å². The third-order valence-corrected chi connectivity index (χ3v) is 8.43. The lowest BCUT2D eigenvalue weighted by atomic mass is 9.87. The van der Waals surface area contributed by atoms with Gasteiger partial charge < -0.3 is 0 Å². The molecular formula is C19H34BN3S2. The molecule has 3 rings (SSSR count). The SMILES string of the molecule is CCCBn1nnc2c1CSC1CCCCCCCCC(CC1)SC2. The van der Waals surface area contributed by atoms with E-state index in [1.165, 1.54) is 88.3 Å². The molecule has 2 unspecified atom stereocenters. The number of fused-ring (bicyclic) bond motifs is 4. The summed E-state index contributed by atoms with van der Waals surface area (Å²) in [6, 6.07) is 0. The van der Waals surface area contributed by atoms with E-state index < -0.39 is 0 Å². The third-order valence-electron chi connectivity index (χ3n) is 5.67. The van der Waals surface area contributed by atoms with Gasteiger partial charge in [-0.05, 0) is 25.7 Å². The second-order valence-corrected chi connectivity index (χ2v) is 10.3. The maximum atomic E-state index is 4.58. The molecule has 2 bridgehead atoms. The Morgan fingerprint density at radius 3 is 2.24 bits per heavy atom. The maximum Gasteiger partial charge on any atom is 0.269 e. The zero-order valence-electron chi connectivity index (χ0n) is 15.9. The van der Waals surface area contributed by atoms with E-state index in [4.69, 9.17) is 0 Å². The van der Waals surface area contributed by atoms with Crippen LogP contribution in [0.4, 0.5) is 0 Å². The standard InChI is InChI=1S/C19H34BN3S2/c1-2-13-20-23-19-15-25-17-10-8-6-4-3-5-7-9-16(11-12-17)24-14-18(19)21-22-23/h16-17,20H,2-15H2,1H3. The first kappa shape index (κ1) is 19.7. The molecule has 2 heterocycles. The van der Waals surface area contributed by atoms with Crippen molar-refractivity contribution in [1.82, 2.24) is 14.9 Å². The average molecular weight is 379 g/mol. The monoisotopic (exact) mass is 379 g/mol. The van der Waals surface area contributed by atoms with Gasteiger partial charge >= 0.3 is 0 Å². The number of hydrogen-bond acceptors (Lipinski definition) is 4. The summed E-state index contributed by atoms with van der Waals surface area (Å²) in [7, 11) is 1.04. The van der Waals surface area contributed by atoms with E-state index in [1.807, 2.05) is 0 Å². The molecule has 0 spiro atoms. The number of aromatic nitrogens is 3. The molecule has 1 aliphatic carbocycles. The molecule has 1 aromatic rings. The first-order valence-electron chi connectivity index (χ1n) is 10.5. The summed E-state index contributed by atoms with van der Waals surface area (Å²) in [5.41, 5.74) is 2.69. The molecule has 0 N–H and O–H groups in total. The lowest BCUT2D eigenvalue weighted by molar-refractivity contribution is 0.515. The Hall–Kier alpha value is -0.0951. The summed E-state index contributed by atoms with van der Waals surface area (Å²) >= 11 is 4.36. The van der Waals surface area contributed by atoms with E-state index in [0.29, 0.717) is 0 Å². The molecule has 140 valence electrons. The lowest BCUT2D eigenvalue weighted by Gasteiger charge is -2.24. The van der Waals surface area contributed by atoms with Gasteiger partial charge in [-0.15, -0.1) is 5.10 Å². The van der Waals surface area contributed by atoms with Crippen LogP contribution in [0.2, 0.25) is 6.32 Å². The fraction of sp³-hybridized carbons (Fsp3) is 0.895. The van der Waals surface area contributed by atoms with Gasteiger partial charge in [-0.3, -0.25) is 4.59 Å². The topological polar surface area (TPSA) is 30.7 Å². The minimum atomic E-state index is 0.828. The molecule has 2 atom stereocenters. The van der Waals surface area contributed by atoms with Crippen molar-refractivity contribution in [2.24, 2.45) is 0 Å². The van der Waals surface area contributed by atoms with Crippen LogP contribution in [0.1, 0.15) is 88.9 Å². The largest absolute Gasteiger partial charge is 0.298 e. The summed E-state index contributed by atoms with van der Waals surface area (Å²) in [6.07, 6.45) is 16.7. The second-order valence-electron chi connectivity index (χ2n) is 7.70. The van der Waals surface area contributed by atoms with E-state index >= 15 is 0 Å². The van der Waals surface area contributed by atoms with Crippen LogP contribution in [0.5, 0.6) is 0 Å². The van der Waals surface area contributed by atoms with Crippen LogP contribution in [-0.4, -0.2) is 32.8 Å². The zero-order valence-corrected chi connectivity index (χ0v) is 17.6. The van der Waals surface area contributed by atoms with Crippen molar-refractivity contribution in [3.8, 4) is 0 Å². The third kappa shape index (κ3) is 6.23. The first-order chi connectivity index (χ1) is 12.4. The Bertz CT molecular complexity index is 509. The predicted octanol–water partition coefficient (Wildman–Crippen LogP) is 5.44. The van der Waals surface area contributed by atoms with Crippen LogP contribution in [-0.2, 0) is 11.5 Å². The highest BCUT2D eigenvalue weighted by Gasteiger charge is 2.22. The Balaban J connectivity index is 1.73. The second kappa shape index (κ2) is 10.9. The number of nitrogens with zero attached hydrogens (tertiary/aromatic N) is 3. The van der Waals surface area contributed by atoms with Gasteiger partial charge in [0.2, 0.25) is 0 Å². The average Bonchev–Trinajstić information content (AvgIpc) is 3.00. The number of rotatable bonds is 3. The quantitative estimate of drug-likeness (QED) is 0.655. The molecule has 1 aromatic heterocycles. The van der Waals surface area contributed by atoms with Crippen molar-refractivity contribution in [2.45, 2.75) is 106 Å². The van der Waals surface area contributed by atoms with Crippen molar-refractivity contribution in [3.63, 3.8) is 0 Å². The summed E-state index contributed by atoms with van der Waals surface area (Å²) in [5.74, 6) is 2.18. The van der Waals surface area contributed by atoms with Crippen LogP contribution in [0.25, 0.3) is 0 Å². The van der Waals surface area contributed by atoms with Crippen LogP contribution in [0.3, 0.4) is 0 Å². The van der Waals surface area contributed by atoms with Gasteiger partial charge in [0.05, 0.1) is 11.4 Å². The summed E-state index contributed by atoms with van der Waals surface area (Å²) in [4.78, 5) is 0. The van der Waals surface area contributed by atoms with E-state index in [0.717, 1.165) is 29.4 Å². The molecule has 1 aliphatic heterocycles. The summed E-state index contributed by atoms with van der Waals surface area (Å²) in [6.45, 7) is 2.26. The van der Waals surface area contributed by atoms with Gasteiger partial charge in [-0.2, -0.15) is 23.5 Å². The molecular weight excluding hydrogens is 345 g/mol. The highest BCUT2D eigenvalue weighted by Crippen LogP contribution is 2.35. The normalized spacial score (nSPS) is 26.3. The molecule has 0 amide bonds. The number of thioether (sulfide) groups is 2. The van der Waals surface area contributed by atoms with E-state index in [1.54, 1.807) is 0 Å². The lowest BCUT2D eigenvalue weighted by Crippen LogP contribution is -2.15. The minimum absolute atomic E-state index is 0.828.